The summed E-state index contributed by atoms with van der Waals surface area (Å²) in [5, 5.41) is 8.47. The van der Waals surface area contributed by atoms with Crippen molar-refractivity contribution in [3.05, 3.63) is 24.2 Å². The number of nitrogens with zero attached hydrogens (tertiary/aromatic N) is 3. The van der Waals surface area contributed by atoms with E-state index in [4.69, 9.17) is 5.73 Å². The maximum Gasteiger partial charge on any atom is 0.160 e. The van der Waals surface area contributed by atoms with Crippen molar-refractivity contribution in [3.63, 3.8) is 0 Å². The smallest absolute Gasteiger partial charge is 0.160 e. The molecule has 90 valence electrons. The Morgan fingerprint density at radius 1 is 1.18 bits per heavy atom. The van der Waals surface area contributed by atoms with E-state index in [-0.39, 0.29) is 0 Å². The highest BCUT2D eigenvalue weighted by atomic mass is 15.2. The summed E-state index contributed by atoms with van der Waals surface area (Å²) in [5.41, 5.74) is 7.47. The van der Waals surface area contributed by atoms with Gasteiger partial charge in [-0.3, -0.25) is 4.40 Å². The number of nitrogen functional groups attached to an aromatic ring is 1. The molecule has 0 spiro atoms. The van der Waals surface area contributed by atoms with Crippen molar-refractivity contribution in [3.8, 4) is 0 Å². The average molecular weight is 230 g/mol. The predicted molar refractivity (Wildman–Crippen MR) is 67.7 cm³/mol. The molecule has 2 aromatic rings. The second-order valence-electron chi connectivity index (χ2n) is 5.02. The van der Waals surface area contributed by atoms with E-state index in [1.165, 1.54) is 32.1 Å². The molecule has 4 heteroatoms. The van der Waals surface area contributed by atoms with E-state index in [1.54, 1.807) is 0 Å². The Morgan fingerprint density at radius 3 is 2.82 bits per heavy atom. The lowest BCUT2D eigenvalue weighted by atomic mass is 9.87. The van der Waals surface area contributed by atoms with Gasteiger partial charge in [-0.05, 0) is 18.1 Å². The molecule has 0 saturated heterocycles. The van der Waals surface area contributed by atoms with Crippen LogP contribution in [0.25, 0.3) is 5.65 Å². The van der Waals surface area contributed by atoms with Crippen molar-refractivity contribution in [2.45, 2.75) is 38.5 Å². The topological polar surface area (TPSA) is 56.2 Å². The lowest BCUT2D eigenvalue weighted by Gasteiger charge is -2.20. The maximum atomic E-state index is 5.81. The fourth-order valence-corrected chi connectivity index (χ4v) is 2.74. The van der Waals surface area contributed by atoms with Crippen LogP contribution in [0.3, 0.4) is 0 Å². The molecule has 4 nitrogen and oxygen atoms in total. The summed E-state index contributed by atoms with van der Waals surface area (Å²) in [5.74, 6) is 1.83. The Labute approximate surface area is 101 Å². The highest BCUT2D eigenvalue weighted by Gasteiger charge is 2.16. The van der Waals surface area contributed by atoms with Crippen LogP contribution in [0.2, 0.25) is 0 Å². The van der Waals surface area contributed by atoms with E-state index >= 15 is 0 Å². The summed E-state index contributed by atoms with van der Waals surface area (Å²) in [7, 11) is 0. The van der Waals surface area contributed by atoms with E-state index in [9.17, 15) is 0 Å². The Bertz CT molecular complexity index is 511. The molecule has 0 unspecified atom stereocenters. The number of hydrogen-bond acceptors (Lipinski definition) is 3. The van der Waals surface area contributed by atoms with Crippen LogP contribution in [-0.2, 0) is 6.42 Å². The average Bonchev–Trinajstić information content (AvgIpc) is 2.73. The molecule has 1 saturated carbocycles. The molecule has 0 aromatic carbocycles. The zero-order chi connectivity index (χ0) is 11.7. The third kappa shape index (κ3) is 2.12. The van der Waals surface area contributed by atoms with Crippen LogP contribution in [0.1, 0.15) is 37.9 Å². The third-order valence-electron chi connectivity index (χ3n) is 3.69. The minimum absolute atomic E-state index is 0.766. The zero-order valence-electron chi connectivity index (χ0n) is 9.97. The van der Waals surface area contributed by atoms with Gasteiger partial charge in [0, 0.05) is 18.3 Å². The summed E-state index contributed by atoms with van der Waals surface area (Å²) in [6.07, 6.45) is 9.74. The molecular weight excluding hydrogens is 212 g/mol. The number of aromatic nitrogens is 3. The van der Waals surface area contributed by atoms with Gasteiger partial charge in [-0.2, -0.15) is 0 Å². The van der Waals surface area contributed by atoms with E-state index < -0.39 is 0 Å². The van der Waals surface area contributed by atoms with Gasteiger partial charge in [-0.15, -0.1) is 10.2 Å². The molecule has 2 aromatic heterocycles. The minimum Gasteiger partial charge on any atom is -0.398 e. The normalized spacial score (nSPS) is 17.6. The molecule has 2 N–H and O–H groups in total. The molecule has 0 atom stereocenters. The van der Waals surface area contributed by atoms with Gasteiger partial charge in [-0.25, -0.2) is 0 Å². The number of hydrogen-bond donors (Lipinski definition) is 1. The molecule has 0 amide bonds. The van der Waals surface area contributed by atoms with Crippen molar-refractivity contribution in [1.82, 2.24) is 14.6 Å². The van der Waals surface area contributed by atoms with Gasteiger partial charge < -0.3 is 5.73 Å². The predicted octanol–water partition coefficient (Wildman–Crippen LogP) is 2.43. The first kappa shape index (κ1) is 10.6. The van der Waals surface area contributed by atoms with Crippen LogP contribution in [0.4, 0.5) is 5.69 Å². The van der Waals surface area contributed by atoms with Crippen LogP contribution in [0.5, 0.6) is 0 Å². The van der Waals surface area contributed by atoms with Gasteiger partial charge in [0.2, 0.25) is 0 Å². The lowest BCUT2D eigenvalue weighted by Crippen LogP contribution is -2.11. The fourth-order valence-electron chi connectivity index (χ4n) is 2.74. The second-order valence-corrected chi connectivity index (χ2v) is 5.02. The van der Waals surface area contributed by atoms with Gasteiger partial charge in [0.05, 0.1) is 0 Å². The lowest BCUT2D eigenvalue weighted by molar-refractivity contribution is 0.351. The Balaban J connectivity index is 1.86. The van der Waals surface area contributed by atoms with Crippen LogP contribution in [-0.4, -0.2) is 14.6 Å². The van der Waals surface area contributed by atoms with Crippen molar-refractivity contribution in [2.24, 2.45) is 5.92 Å². The Morgan fingerprint density at radius 2 is 2.00 bits per heavy atom. The van der Waals surface area contributed by atoms with Gasteiger partial charge in [0.1, 0.15) is 5.82 Å². The van der Waals surface area contributed by atoms with Crippen LogP contribution < -0.4 is 5.73 Å². The van der Waals surface area contributed by atoms with Gasteiger partial charge in [-0.1, -0.05) is 32.1 Å². The number of rotatable bonds is 2. The van der Waals surface area contributed by atoms with E-state index in [0.717, 1.165) is 29.5 Å². The van der Waals surface area contributed by atoms with Crippen molar-refractivity contribution < 1.29 is 0 Å². The summed E-state index contributed by atoms with van der Waals surface area (Å²) < 4.78 is 2.03. The molecule has 1 aliphatic rings. The first-order valence-electron chi connectivity index (χ1n) is 6.42. The second kappa shape index (κ2) is 4.35. The molecule has 3 rings (SSSR count). The quantitative estimate of drug-likeness (QED) is 0.862. The van der Waals surface area contributed by atoms with Gasteiger partial charge >= 0.3 is 0 Å². The molecule has 1 aliphatic carbocycles. The monoisotopic (exact) mass is 230 g/mol. The summed E-state index contributed by atoms with van der Waals surface area (Å²) in [4.78, 5) is 0. The summed E-state index contributed by atoms with van der Waals surface area (Å²) in [6, 6.07) is 3.79. The SMILES string of the molecule is Nc1ccc2nnc(CC3CCCCC3)n2c1. The first-order chi connectivity index (χ1) is 8.33. The molecule has 1 fully saturated rings. The zero-order valence-corrected chi connectivity index (χ0v) is 9.97. The fraction of sp³-hybridized carbons (Fsp3) is 0.538. The maximum absolute atomic E-state index is 5.81. The number of fused-ring (bicyclic) bond motifs is 1. The standard InChI is InChI=1S/C13H18N4/c14-11-6-7-12-15-16-13(17(12)9-11)8-10-4-2-1-3-5-10/h6-7,9-10H,1-5,8,14H2. The number of anilines is 1. The number of nitrogens with two attached hydrogens (primary N) is 1. The molecular formula is C13H18N4. The van der Waals surface area contributed by atoms with E-state index in [2.05, 4.69) is 10.2 Å². The molecule has 0 bridgehead atoms. The highest BCUT2D eigenvalue weighted by Crippen LogP contribution is 2.26. The molecule has 0 aliphatic heterocycles. The summed E-state index contributed by atoms with van der Waals surface area (Å²) in [6.45, 7) is 0. The Kier molecular flexibility index (Phi) is 2.71. The van der Waals surface area contributed by atoms with Crippen molar-refractivity contribution in [1.29, 1.82) is 0 Å². The van der Waals surface area contributed by atoms with Crippen molar-refractivity contribution in [2.75, 3.05) is 5.73 Å². The van der Waals surface area contributed by atoms with Crippen molar-refractivity contribution >= 4 is 11.3 Å². The van der Waals surface area contributed by atoms with Crippen LogP contribution >= 0.6 is 0 Å². The Hall–Kier alpha value is -1.58. The molecule has 17 heavy (non-hydrogen) atoms. The largest absolute Gasteiger partial charge is 0.398 e. The van der Waals surface area contributed by atoms with Gasteiger partial charge in [0.25, 0.3) is 0 Å². The van der Waals surface area contributed by atoms with Gasteiger partial charge in [0.15, 0.2) is 5.65 Å². The third-order valence-corrected chi connectivity index (χ3v) is 3.69. The summed E-state index contributed by atoms with van der Waals surface area (Å²) >= 11 is 0. The van der Waals surface area contributed by atoms with Crippen LogP contribution in [0.15, 0.2) is 18.3 Å². The van der Waals surface area contributed by atoms with E-state index in [0.29, 0.717) is 0 Å². The van der Waals surface area contributed by atoms with Crippen LogP contribution in [0, 0.1) is 5.92 Å². The van der Waals surface area contributed by atoms with E-state index in [1.807, 2.05) is 22.7 Å². The molecule has 0 radical (unpaired) electrons. The highest BCUT2D eigenvalue weighted by molar-refractivity contribution is 5.47. The minimum atomic E-state index is 0.766. The first-order valence-corrected chi connectivity index (χ1v) is 6.42. The molecule has 2 heterocycles. The number of pyridine rings is 1.